The summed E-state index contributed by atoms with van der Waals surface area (Å²) in [4.78, 5) is 28.2. The van der Waals surface area contributed by atoms with Crippen molar-refractivity contribution in [1.29, 1.82) is 0 Å². The summed E-state index contributed by atoms with van der Waals surface area (Å²) >= 11 is 0. The fraction of sp³-hybridized carbons (Fsp3) is 0.188. The Kier molecular flexibility index (Phi) is 3.55. The molecule has 23 heavy (non-hydrogen) atoms. The third-order valence-electron chi connectivity index (χ3n) is 3.61. The highest BCUT2D eigenvalue weighted by molar-refractivity contribution is 6.08. The summed E-state index contributed by atoms with van der Waals surface area (Å²) in [5.41, 5.74) is 0.117. The van der Waals surface area contributed by atoms with E-state index in [1.807, 2.05) is 0 Å². The second-order valence-corrected chi connectivity index (χ2v) is 4.94. The van der Waals surface area contributed by atoms with Crippen LogP contribution in [0.3, 0.4) is 0 Å². The van der Waals surface area contributed by atoms with Crippen LogP contribution in [0.2, 0.25) is 0 Å². The zero-order chi connectivity index (χ0) is 16.7. The molecule has 2 aromatic rings. The van der Waals surface area contributed by atoms with Gasteiger partial charge in [-0.15, -0.1) is 0 Å². The number of halogens is 2. The molecule has 0 spiro atoms. The van der Waals surface area contributed by atoms with Gasteiger partial charge in [0.25, 0.3) is 0 Å². The summed E-state index contributed by atoms with van der Waals surface area (Å²) in [6.45, 7) is 1.44. The number of fused-ring (bicyclic) bond motifs is 1. The number of benzene rings is 1. The van der Waals surface area contributed by atoms with Gasteiger partial charge in [0.1, 0.15) is 6.61 Å². The van der Waals surface area contributed by atoms with Crippen LogP contribution in [0.1, 0.15) is 32.1 Å². The van der Waals surface area contributed by atoms with Crippen molar-refractivity contribution in [3.63, 3.8) is 0 Å². The van der Waals surface area contributed by atoms with Crippen molar-refractivity contribution in [1.82, 2.24) is 4.98 Å². The number of carbonyl (C=O) groups excluding carboxylic acids is 2. The summed E-state index contributed by atoms with van der Waals surface area (Å²) < 4.78 is 37.5. The normalized spacial score (nSPS) is 12.8. The Balaban J connectivity index is 2.44. The fourth-order valence-corrected chi connectivity index (χ4v) is 2.61. The van der Waals surface area contributed by atoms with Crippen molar-refractivity contribution in [2.45, 2.75) is 13.5 Å². The van der Waals surface area contributed by atoms with E-state index in [2.05, 4.69) is 4.98 Å². The van der Waals surface area contributed by atoms with Crippen LogP contribution in [0, 0.1) is 18.6 Å². The number of carbonyl (C=O) groups is 2. The molecular formula is C16H11F2NO4. The van der Waals surface area contributed by atoms with Crippen LogP contribution >= 0.6 is 0 Å². The van der Waals surface area contributed by atoms with Gasteiger partial charge in [-0.1, -0.05) is 12.1 Å². The number of ether oxygens (including phenoxy) is 2. The maximum Gasteiger partial charge on any atom is 0.341 e. The van der Waals surface area contributed by atoms with E-state index in [4.69, 9.17) is 9.47 Å². The second-order valence-electron chi connectivity index (χ2n) is 4.94. The van der Waals surface area contributed by atoms with E-state index in [9.17, 15) is 18.4 Å². The van der Waals surface area contributed by atoms with Crippen LogP contribution in [0.4, 0.5) is 8.78 Å². The molecule has 3 rings (SSSR count). The predicted molar refractivity (Wildman–Crippen MR) is 74.8 cm³/mol. The van der Waals surface area contributed by atoms with Crippen molar-refractivity contribution >= 4 is 11.9 Å². The van der Waals surface area contributed by atoms with E-state index in [0.29, 0.717) is 0 Å². The lowest BCUT2D eigenvalue weighted by Gasteiger charge is -2.14. The number of methoxy groups -OCH3 is 1. The molecule has 0 atom stereocenters. The molecule has 5 nitrogen and oxygen atoms in total. The smallest absolute Gasteiger partial charge is 0.341 e. The number of aromatic nitrogens is 1. The van der Waals surface area contributed by atoms with Gasteiger partial charge < -0.3 is 9.47 Å². The number of hydrogen-bond acceptors (Lipinski definition) is 5. The largest absolute Gasteiger partial charge is 0.465 e. The zero-order valence-electron chi connectivity index (χ0n) is 12.3. The first-order valence-electron chi connectivity index (χ1n) is 6.69. The van der Waals surface area contributed by atoms with Gasteiger partial charge in [0.15, 0.2) is 11.6 Å². The molecule has 0 amide bonds. The molecule has 0 bridgehead atoms. The van der Waals surface area contributed by atoms with Gasteiger partial charge in [-0.3, -0.25) is 4.98 Å². The summed E-state index contributed by atoms with van der Waals surface area (Å²) in [6.07, 6.45) is 0. The van der Waals surface area contributed by atoms with Crippen molar-refractivity contribution in [3.8, 4) is 11.1 Å². The summed E-state index contributed by atoms with van der Waals surface area (Å²) in [5, 5.41) is 0. The average molecular weight is 319 g/mol. The molecule has 1 aromatic heterocycles. The second kappa shape index (κ2) is 5.42. The Morgan fingerprint density at radius 2 is 2.04 bits per heavy atom. The molecule has 0 unspecified atom stereocenters. The highest BCUT2D eigenvalue weighted by atomic mass is 19.2. The minimum atomic E-state index is -1.16. The first kappa shape index (κ1) is 15.1. The van der Waals surface area contributed by atoms with E-state index >= 15 is 0 Å². The number of pyridine rings is 1. The minimum Gasteiger partial charge on any atom is -0.465 e. The molecule has 1 aromatic carbocycles. The van der Waals surface area contributed by atoms with Crippen LogP contribution in [-0.2, 0) is 16.1 Å². The number of cyclic esters (lactones) is 1. The van der Waals surface area contributed by atoms with Gasteiger partial charge in [-0.2, -0.15) is 0 Å². The lowest BCUT2D eigenvalue weighted by molar-refractivity contribution is 0.0533. The Labute approximate surface area is 129 Å². The highest BCUT2D eigenvalue weighted by Crippen LogP contribution is 2.37. The van der Waals surface area contributed by atoms with Gasteiger partial charge in [-0.25, -0.2) is 18.4 Å². The topological polar surface area (TPSA) is 65.5 Å². The average Bonchev–Trinajstić information content (AvgIpc) is 2.89. The maximum absolute atomic E-state index is 14.3. The van der Waals surface area contributed by atoms with E-state index in [-0.39, 0.29) is 40.2 Å². The van der Waals surface area contributed by atoms with E-state index in [0.717, 1.165) is 13.2 Å². The summed E-state index contributed by atoms with van der Waals surface area (Å²) in [5.74, 6) is -3.79. The molecule has 0 saturated carbocycles. The fourth-order valence-electron chi connectivity index (χ4n) is 2.61. The van der Waals surface area contributed by atoms with Crippen molar-refractivity contribution in [2.24, 2.45) is 0 Å². The molecule has 0 fully saturated rings. The van der Waals surface area contributed by atoms with Gasteiger partial charge in [-0.05, 0) is 13.0 Å². The van der Waals surface area contributed by atoms with Crippen LogP contribution in [0.25, 0.3) is 11.1 Å². The lowest BCUT2D eigenvalue weighted by Crippen LogP contribution is -2.13. The van der Waals surface area contributed by atoms with Crippen LogP contribution in [0.5, 0.6) is 0 Å². The molecule has 1 aliphatic heterocycles. The monoisotopic (exact) mass is 319 g/mol. The Morgan fingerprint density at radius 3 is 2.74 bits per heavy atom. The molecule has 0 N–H and O–H groups in total. The van der Waals surface area contributed by atoms with Crippen LogP contribution < -0.4 is 0 Å². The lowest BCUT2D eigenvalue weighted by atomic mass is 9.92. The SMILES string of the molecule is COC(=O)c1c(C)nc2c(c1-c1cccc(F)c1F)C(=O)OC2. The van der Waals surface area contributed by atoms with Crippen LogP contribution in [0.15, 0.2) is 18.2 Å². The molecule has 0 aliphatic carbocycles. The Bertz CT molecular complexity index is 848. The first-order valence-corrected chi connectivity index (χ1v) is 6.69. The molecule has 7 heteroatoms. The van der Waals surface area contributed by atoms with Crippen molar-refractivity contribution < 1.29 is 27.8 Å². The number of aryl methyl sites for hydroxylation is 1. The summed E-state index contributed by atoms with van der Waals surface area (Å²) in [7, 11) is 1.15. The number of nitrogens with zero attached hydrogens (tertiary/aromatic N) is 1. The Hall–Kier alpha value is -2.83. The van der Waals surface area contributed by atoms with Crippen molar-refractivity contribution in [2.75, 3.05) is 7.11 Å². The van der Waals surface area contributed by atoms with Crippen LogP contribution in [-0.4, -0.2) is 24.0 Å². The van der Waals surface area contributed by atoms with E-state index < -0.39 is 23.6 Å². The molecule has 1 aliphatic rings. The molecule has 0 saturated heterocycles. The van der Waals surface area contributed by atoms with Gasteiger partial charge in [0.05, 0.1) is 29.6 Å². The molecule has 2 heterocycles. The maximum atomic E-state index is 14.3. The van der Waals surface area contributed by atoms with E-state index in [1.165, 1.54) is 19.1 Å². The number of esters is 2. The zero-order valence-corrected chi connectivity index (χ0v) is 12.3. The molecular weight excluding hydrogens is 308 g/mol. The highest BCUT2D eigenvalue weighted by Gasteiger charge is 2.34. The summed E-state index contributed by atoms with van der Waals surface area (Å²) in [6, 6.07) is 3.52. The van der Waals surface area contributed by atoms with Gasteiger partial charge in [0, 0.05) is 11.1 Å². The third-order valence-corrected chi connectivity index (χ3v) is 3.61. The number of rotatable bonds is 2. The predicted octanol–water partition coefficient (Wildman–Crippen LogP) is 2.79. The first-order chi connectivity index (χ1) is 11.0. The minimum absolute atomic E-state index is 0.0412. The van der Waals surface area contributed by atoms with Crippen molar-refractivity contribution in [3.05, 3.63) is 52.3 Å². The quantitative estimate of drug-likeness (QED) is 0.796. The third kappa shape index (κ3) is 2.25. The Morgan fingerprint density at radius 1 is 1.30 bits per heavy atom. The van der Waals surface area contributed by atoms with Gasteiger partial charge in [0.2, 0.25) is 0 Å². The number of hydrogen-bond donors (Lipinski definition) is 0. The molecule has 118 valence electrons. The van der Waals surface area contributed by atoms with E-state index in [1.54, 1.807) is 0 Å². The standard InChI is InChI=1S/C16H11F2NO4/c1-7-11(15(20)22-2)12(8-4-3-5-9(17)14(8)18)13-10(19-7)6-23-16(13)21/h3-5H,6H2,1-2H3. The van der Waals surface area contributed by atoms with Gasteiger partial charge >= 0.3 is 11.9 Å². The molecule has 0 radical (unpaired) electrons.